The highest BCUT2D eigenvalue weighted by atomic mass is 19.1. The summed E-state index contributed by atoms with van der Waals surface area (Å²) in [6.45, 7) is 7.34. The molecule has 0 spiro atoms. The van der Waals surface area contributed by atoms with Crippen LogP contribution in [0.4, 0.5) is 4.39 Å². The molecule has 2 aliphatic rings. The monoisotopic (exact) mass is 373 g/mol. The van der Waals surface area contributed by atoms with Gasteiger partial charge in [-0.15, -0.1) is 0 Å². The fourth-order valence-corrected chi connectivity index (χ4v) is 4.45. The molecule has 1 aliphatic carbocycles. The van der Waals surface area contributed by atoms with Crippen molar-refractivity contribution in [2.45, 2.75) is 71.4 Å². The summed E-state index contributed by atoms with van der Waals surface area (Å²) in [7, 11) is 0. The van der Waals surface area contributed by atoms with E-state index in [1.807, 2.05) is 17.1 Å². The summed E-state index contributed by atoms with van der Waals surface area (Å²) in [5.74, 6) is 0.833. The van der Waals surface area contributed by atoms with E-state index < -0.39 is 0 Å². The molecule has 1 amide bonds. The molecule has 1 heterocycles. The van der Waals surface area contributed by atoms with E-state index >= 15 is 0 Å². The molecule has 4 unspecified atom stereocenters. The topological polar surface area (TPSA) is 44.7 Å². The van der Waals surface area contributed by atoms with Crippen molar-refractivity contribution in [3.05, 3.63) is 35.6 Å². The number of hydrogen-bond donors (Lipinski definition) is 1. The molecule has 4 nitrogen and oxygen atoms in total. The van der Waals surface area contributed by atoms with Gasteiger partial charge in [0, 0.05) is 24.6 Å². The highest BCUT2D eigenvalue weighted by Crippen LogP contribution is 2.34. The van der Waals surface area contributed by atoms with E-state index in [9.17, 15) is 9.18 Å². The predicted octanol–water partition coefficient (Wildman–Crippen LogP) is 4.67. The maximum absolute atomic E-state index is 14.4. The van der Waals surface area contributed by atoms with Crippen molar-refractivity contribution < 1.29 is 9.18 Å². The Morgan fingerprint density at radius 1 is 1.26 bits per heavy atom. The zero-order chi connectivity index (χ0) is 19.4. The fraction of sp³-hybridized carbons (Fsp3) is 0.636. The van der Waals surface area contributed by atoms with Gasteiger partial charge in [-0.1, -0.05) is 51.8 Å². The Balaban J connectivity index is 1.72. The summed E-state index contributed by atoms with van der Waals surface area (Å²) in [5, 5.41) is 9.72. The van der Waals surface area contributed by atoms with Gasteiger partial charge in [0.25, 0.3) is 5.91 Å². The largest absolute Gasteiger partial charge is 0.348 e. The summed E-state index contributed by atoms with van der Waals surface area (Å²) >= 11 is 0. The zero-order valence-electron chi connectivity index (χ0n) is 16.7. The van der Waals surface area contributed by atoms with Crippen molar-refractivity contribution in [2.75, 3.05) is 6.54 Å². The molecule has 4 atom stereocenters. The predicted molar refractivity (Wildman–Crippen MR) is 107 cm³/mol. The van der Waals surface area contributed by atoms with E-state index in [0.717, 1.165) is 38.6 Å². The first-order chi connectivity index (χ1) is 13.0. The number of nitrogens with one attached hydrogen (secondary N) is 1. The second-order valence-electron chi connectivity index (χ2n) is 8.29. The molecule has 0 saturated heterocycles. The lowest BCUT2D eigenvalue weighted by molar-refractivity contribution is -0.115. The second-order valence-corrected chi connectivity index (χ2v) is 8.29. The van der Waals surface area contributed by atoms with Crippen molar-refractivity contribution in [1.82, 2.24) is 10.3 Å². The van der Waals surface area contributed by atoms with Gasteiger partial charge in [-0.3, -0.25) is 9.80 Å². The van der Waals surface area contributed by atoms with Crippen molar-refractivity contribution in [1.29, 1.82) is 0 Å². The standard InChI is InChI=1S/C22H32FN3O/c1-4-5-8-11-26-21(17-9-6-7-10-18(17)23)14-20(25-26)22(27)24-19-13-15(2)12-16(19)3/h6-7,9-10,15-16,19,21H,4-5,8,11-14H2,1-3H3,(H,24,27). The summed E-state index contributed by atoms with van der Waals surface area (Å²) in [6.07, 6.45) is 5.87. The third-order valence-corrected chi connectivity index (χ3v) is 5.95. The van der Waals surface area contributed by atoms with Crippen molar-refractivity contribution in [3.63, 3.8) is 0 Å². The molecule has 27 heavy (non-hydrogen) atoms. The van der Waals surface area contributed by atoms with E-state index in [-0.39, 0.29) is 23.8 Å². The molecule has 5 heteroatoms. The lowest BCUT2D eigenvalue weighted by Gasteiger charge is -2.24. The first-order valence-corrected chi connectivity index (χ1v) is 10.4. The molecule has 3 rings (SSSR count). The second kappa shape index (κ2) is 8.85. The van der Waals surface area contributed by atoms with Crippen LogP contribution >= 0.6 is 0 Å². The van der Waals surface area contributed by atoms with Crippen molar-refractivity contribution in [2.24, 2.45) is 16.9 Å². The van der Waals surface area contributed by atoms with Gasteiger partial charge in [0.2, 0.25) is 0 Å². The molecule has 0 aromatic heterocycles. The van der Waals surface area contributed by atoms with Gasteiger partial charge in [-0.25, -0.2) is 4.39 Å². The van der Waals surface area contributed by atoms with E-state index in [4.69, 9.17) is 0 Å². The van der Waals surface area contributed by atoms with Crippen LogP contribution < -0.4 is 5.32 Å². The minimum atomic E-state index is -0.224. The van der Waals surface area contributed by atoms with Gasteiger partial charge in [-0.2, -0.15) is 5.10 Å². The van der Waals surface area contributed by atoms with Crippen LogP contribution in [0, 0.1) is 17.7 Å². The highest BCUT2D eigenvalue weighted by Gasteiger charge is 2.35. The van der Waals surface area contributed by atoms with Crippen LogP contribution in [-0.4, -0.2) is 29.2 Å². The molecule has 1 aliphatic heterocycles. The van der Waals surface area contributed by atoms with E-state index in [2.05, 4.69) is 31.2 Å². The quantitative estimate of drug-likeness (QED) is 0.706. The van der Waals surface area contributed by atoms with Crippen LogP contribution in [0.5, 0.6) is 0 Å². The Morgan fingerprint density at radius 2 is 2.04 bits per heavy atom. The number of unbranched alkanes of at least 4 members (excludes halogenated alkanes) is 2. The number of hydrogen-bond acceptors (Lipinski definition) is 3. The number of halogens is 1. The van der Waals surface area contributed by atoms with Gasteiger partial charge < -0.3 is 5.32 Å². The van der Waals surface area contributed by atoms with Crippen LogP contribution in [0.15, 0.2) is 29.4 Å². The number of amides is 1. The summed E-state index contributed by atoms with van der Waals surface area (Å²) in [5.41, 5.74) is 1.16. The third kappa shape index (κ3) is 4.69. The van der Waals surface area contributed by atoms with E-state index in [0.29, 0.717) is 29.5 Å². The smallest absolute Gasteiger partial charge is 0.267 e. The first-order valence-electron chi connectivity index (χ1n) is 10.4. The Kier molecular flexibility index (Phi) is 6.51. The van der Waals surface area contributed by atoms with Crippen LogP contribution in [0.1, 0.15) is 70.9 Å². The minimum Gasteiger partial charge on any atom is -0.348 e. The first kappa shape index (κ1) is 19.8. The molecule has 1 saturated carbocycles. The van der Waals surface area contributed by atoms with Crippen molar-refractivity contribution >= 4 is 11.6 Å². The Bertz CT molecular complexity index is 690. The van der Waals surface area contributed by atoms with Crippen LogP contribution in [0.2, 0.25) is 0 Å². The molecule has 148 valence electrons. The van der Waals surface area contributed by atoms with Gasteiger partial charge in [-0.05, 0) is 37.2 Å². The lowest BCUT2D eigenvalue weighted by Crippen LogP contribution is -2.40. The minimum absolute atomic E-state index is 0.0831. The Labute approximate surface area is 162 Å². The number of benzene rings is 1. The number of nitrogens with zero attached hydrogens (tertiary/aromatic N) is 2. The fourth-order valence-electron chi connectivity index (χ4n) is 4.45. The number of carbonyl (C=O) groups excluding carboxylic acids is 1. The lowest BCUT2D eigenvalue weighted by atomic mass is 10.00. The average Bonchev–Trinajstić information content (AvgIpc) is 3.19. The molecule has 1 N–H and O–H groups in total. The maximum Gasteiger partial charge on any atom is 0.267 e. The van der Waals surface area contributed by atoms with Gasteiger partial charge >= 0.3 is 0 Å². The van der Waals surface area contributed by atoms with E-state index in [1.54, 1.807) is 6.07 Å². The summed E-state index contributed by atoms with van der Waals surface area (Å²) in [4.78, 5) is 12.8. The zero-order valence-corrected chi connectivity index (χ0v) is 16.7. The molecule has 0 bridgehead atoms. The normalized spacial score (nSPS) is 27.7. The van der Waals surface area contributed by atoms with Crippen molar-refractivity contribution in [3.8, 4) is 0 Å². The molecule has 1 aromatic carbocycles. The Morgan fingerprint density at radius 3 is 2.70 bits per heavy atom. The number of carbonyl (C=O) groups is 1. The SMILES string of the molecule is CCCCCN1N=C(C(=O)NC2CC(C)CC2C)CC1c1ccccc1F. The Hall–Kier alpha value is -1.91. The van der Waals surface area contributed by atoms with Crippen LogP contribution in [0.3, 0.4) is 0 Å². The van der Waals surface area contributed by atoms with Crippen LogP contribution in [0.25, 0.3) is 0 Å². The van der Waals surface area contributed by atoms with Gasteiger partial charge in [0.15, 0.2) is 0 Å². The van der Waals surface area contributed by atoms with Gasteiger partial charge in [0.05, 0.1) is 6.04 Å². The third-order valence-electron chi connectivity index (χ3n) is 5.95. The molecular weight excluding hydrogens is 341 g/mol. The molecular formula is C22H32FN3O. The summed E-state index contributed by atoms with van der Waals surface area (Å²) < 4.78 is 14.4. The molecule has 1 fully saturated rings. The summed E-state index contributed by atoms with van der Waals surface area (Å²) in [6, 6.07) is 6.87. The number of rotatable bonds is 7. The van der Waals surface area contributed by atoms with E-state index in [1.165, 1.54) is 6.07 Å². The molecule has 0 radical (unpaired) electrons. The number of hydrazone groups is 1. The molecule has 1 aromatic rings. The highest BCUT2D eigenvalue weighted by molar-refractivity contribution is 6.39. The van der Waals surface area contributed by atoms with Crippen LogP contribution in [-0.2, 0) is 4.79 Å². The average molecular weight is 374 g/mol. The maximum atomic E-state index is 14.4. The van der Waals surface area contributed by atoms with Gasteiger partial charge in [0.1, 0.15) is 11.5 Å².